The van der Waals surface area contributed by atoms with E-state index in [-0.39, 0.29) is 16.2 Å². The molecule has 0 bridgehead atoms. The highest BCUT2D eigenvalue weighted by Crippen LogP contribution is 2.31. The number of rotatable bonds is 5. The summed E-state index contributed by atoms with van der Waals surface area (Å²) in [7, 11) is 2.94. The van der Waals surface area contributed by atoms with Crippen LogP contribution in [0.15, 0.2) is 59.4 Å². The second-order valence-electron chi connectivity index (χ2n) is 6.79. The summed E-state index contributed by atoms with van der Waals surface area (Å²) in [5, 5.41) is 0.108. The molecule has 3 aromatic carbocycles. The zero-order chi connectivity index (χ0) is 22.8. The van der Waals surface area contributed by atoms with E-state index in [9.17, 15) is 13.6 Å². The Morgan fingerprint density at radius 1 is 0.938 bits per heavy atom. The molecule has 0 radical (unpaired) electrons. The number of hydrogen-bond donors (Lipinski definition) is 0. The minimum absolute atomic E-state index is 0.147. The van der Waals surface area contributed by atoms with Gasteiger partial charge in [0.25, 0.3) is 5.56 Å². The van der Waals surface area contributed by atoms with Crippen LogP contribution in [-0.4, -0.2) is 23.8 Å². The van der Waals surface area contributed by atoms with Crippen LogP contribution in [0.3, 0.4) is 0 Å². The van der Waals surface area contributed by atoms with Gasteiger partial charge in [0.15, 0.2) is 11.5 Å². The predicted octanol–water partition coefficient (Wildman–Crippen LogP) is 5.50. The zero-order valence-corrected chi connectivity index (χ0v) is 17.9. The Kier molecular flexibility index (Phi) is 5.92. The van der Waals surface area contributed by atoms with Gasteiger partial charge in [0, 0.05) is 11.6 Å². The van der Waals surface area contributed by atoms with Gasteiger partial charge >= 0.3 is 0 Å². The van der Waals surface area contributed by atoms with Gasteiger partial charge in [-0.25, -0.2) is 13.8 Å². The fourth-order valence-electron chi connectivity index (χ4n) is 3.29. The molecule has 0 fully saturated rings. The monoisotopic (exact) mass is 454 g/mol. The van der Waals surface area contributed by atoms with Crippen molar-refractivity contribution >= 4 is 34.7 Å². The molecule has 0 amide bonds. The van der Waals surface area contributed by atoms with Crippen LogP contribution in [0, 0.1) is 11.6 Å². The number of benzene rings is 3. The first-order valence-corrected chi connectivity index (χ1v) is 9.87. The van der Waals surface area contributed by atoms with Crippen molar-refractivity contribution in [3.8, 4) is 17.2 Å². The smallest absolute Gasteiger partial charge is 0.266 e. The number of methoxy groups -OCH3 is 2. The first kappa shape index (κ1) is 21.5. The van der Waals surface area contributed by atoms with Crippen molar-refractivity contribution in [2.45, 2.75) is 0 Å². The summed E-state index contributed by atoms with van der Waals surface area (Å²) in [5.74, 6) is -0.0851. The molecule has 0 aliphatic heterocycles. The second-order valence-corrected chi connectivity index (χ2v) is 7.20. The van der Waals surface area contributed by atoms with E-state index in [2.05, 4.69) is 4.98 Å². The minimum Gasteiger partial charge on any atom is -0.493 e. The number of nitrogens with zero attached hydrogens (tertiary/aromatic N) is 2. The average molecular weight is 455 g/mol. The molecule has 0 aliphatic rings. The number of hydrogen-bond acceptors (Lipinski definition) is 4. The standard InChI is InChI=1S/C24H17ClF2N2O3/c1-31-21-12-16-20(13-22(21)32-2)28-23(10-7-14-5-3-4-6-18(14)26)29(24(16)30)15-8-9-19(27)17(25)11-15/h3-13H,1-2H3. The Hall–Kier alpha value is -3.71. The third kappa shape index (κ3) is 3.94. The van der Waals surface area contributed by atoms with Crippen molar-refractivity contribution in [1.82, 2.24) is 9.55 Å². The first-order valence-electron chi connectivity index (χ1n) is 9.49. The zero-order valence-electron chi connectivity index (χ0n) is 17.1. The maximum atomic E-state index is 14.1. The summed E-state index contributed by atoms with van der Waals surface area (Å²) >= 11 is 5.95. The Morgan fingerprint density at radius 2 is 1.66 bits per heavy atom. The molecule has 0 aliphatic carbocycles. The van der Waals surface area contributed by atoms with Crippen LogP contribution in [0.4, 0.5) is 8.78 Å². The average Bonchev–Trinajstić information content (AvgIpc) is 2.79. The van der Waals surface area contributed by atoms with Crippen LogP contribution < -0.4 is 15.0 Å². The van der Waals surface area contributed by atoms with E-state index < -0.39 is 17.2 Å². The quantitative estimate of drug-likeness (QED) is 0.399. The lowest BCUT2D eigenvalue weighted by molar-refractivity contribution is 0.355. The van der Waals surface area contributed by atoms with E-state index in [1.54, 1.807) is 24.3 Å². The van der Waals surface area contributed by atoms with Gasteiger partial charge in [-0.3, -0.25) is 9.36 Å². The van der Waals surface area contributed by atoms with Crippen LogP contribution in [0.1, 0.15) is 11.4 Å². The fourth-order valence-corrected chi connectivity index (χ4v) is 3.46. The van der Waals surface area contributed by atoms with Gasteiger partial charge < -0.3 is 9.47 Å². The molecule has 1 heterocycles. The van der Waals surface area contributed by atoms with Crippen LogP contribution in [0.5, 0.6) is 11.5 Å². The minimum atomic E-state index is -0.618. The second kappa shape index (κ2) is 8.80. The van der Waals surface area contributed by atoms with Crippen molar-refractivity contribution in [3.05, 3.63) is 93.0 Å². The SMILES string of the molecule is COc1cc2nc(C=Cc3ccccc3F)n(-c3ccc(F)c(Cl)c3)c(=O)c2cc1OC. The van der Waals surface area contributed by atoms with Gasteiger partial charge in [-0.15, -0.1) is 0 Å². The normalized spacial score (nSPS) is 11.3. The molecule has 0 saturated heterocycles. The van der Waals surface area contributed by atoms with Crippen molar-refractivity contribution < 1.29 is 18.3 Å². The molecule has 0 spiro atoms. The van der Waals surface area contributed by atoms with Crippen LogP contribution in [0.2, 0.25) is 5.02 Å². The van der Waals surface area contributed by atoms with E-state index in [1.807, 2.05) is 0 Å². The van der Waals surface area contributed by atoms with Crippen molar-refractivity contribution in [2.24, 2.45) is 0 Å². The maximum Gasteiger partial charge on any atom is 0.266 e. The molecule has 162 valence electrons. The fraction of sp³-hybridized carbons (Fsp3) is 0.0833. The topological polar surface area (TPSA) is 53.4 Å². The van der Waals surface area contributed by atoms with Gasteiger partial charge in [0.1, 0.15) is 17.5 Å². The van der Waals surface area contributed by atoms with Crippen molar-refractivity contribution in [3.63, 3.8) is 0 Å². The largest absolute Gasteiger partial charge is 0.493 e. The third-order valence-electron chi connectivity index (χ3n) is 4.88. The van der Waals surface area contributed by atoms with E-state index in [0.29, 0.717) is 28.3 Å². The lowest BCUT2D eigenvalue weighted by Crippen LogP contribution is -2.22. The Balaban J connectivity index is 2.02. The Morgan fingerprint density at radius 3 is 2.34 bits per heavy atom. The Labute approximate surface area is 187 Å². The van der Waals surface area contributed by atoms with Gasteiger partial charge in [-0.1, -0.05) is 29.8 Å². The number of fused-ring (bicyclic) bond motifs is 1. The maximum absolute atomic E-state index is 14.1. The summed E-state index contributed by atoms with van der Waals surface area (Å²) in [5.41, 5.74) is 0.536. The molecule has 0 N–H and O–H groups in total. The summed E-state index contributed by atoms with van der Waals surface area (Å²) < 4.78 is 39.7. The summed E-state index contributed by atoms with van der Waals surface area (Å²) in [6.07, 6.45) is 3.01. The van der Waals surface area contributed by atoms with E-state index in [4.69, 9.17) is 21.1 Å². The van der Waals surface area contributed by atoms with E-state index >= 15 is 0 Å². The van der Waals surface area contributed by atoms with Crippen molar-refractivity contribution in [2.75, 3.05) is 14.2 Å². The highest BCUT2D eigenvalue weighted by molar-refractivity contribution is 6.30. The summed E-state index contributed by atoms with van der Waals surface area (Å²) in [6.45, 7) is 0. The number of aromatic nitrogens is 2. The molecule has 4 aromatic rings. The molecular formula is C24H17ClF2N2O3. The van der Waals surface area contributed by atoms with Gasteiger partial charge in [0.2, 0.25) is 0 Å². The molecule has 4 rings (SSSR count). The van der Waals surface area contributed by atoms with E-state index in [1.165, 1.54) is 55.2 Å². The molecule has 8 heteroatoms. The highest BCUT2D eigenvalue weighted by Gasteiger charge is 2.16. The van der Waals surface area contributed by atoms with Crippen LogP contribution in [0.25, 0.3) is 28.7 Å². The lowest BCUT2D eigenvalue weighted by Gasteiger charge is -2.14. The van der Waals surface area contributed by atoms with Gasteiger partial charge in [-0.05, 0) is 42.5 Å². The molecule has 0 unspecified atom stereocenters. The first-order chi connectivity index (χ1) is 15.4. The van der Waals surface area contributed by atoms with E-state index in [0.717, 1.165) is 6.07 Å². The van der Waals surface area contributed by atoms with Gasteiger partial charge in [-0.2, -0.15) is 0 Å². The van der Waals surface area contributed by atoms with Gasteiger partial charge in [0.05, 0.1) is 35.8 Å². The third-order valence-corrected chi connectivity index (χ3v) is 5.17. The molecule has 0 atom stereocenters. The molecule has 1 aromatic heterocycles. The molecule has 32 heavy (non-hydrogen) atoms. The van der Waals surface area contributed by atoms with Crippen LogP contribution in [-0.2, 0) is 0 Å². The predicted molar refractivity (Wildman–Crippen MR) is 121 cm³/mol. The van der Waals surface area contributed by atoms with Crippen molar-refractivity contribution in [1.29, 1.82) is 0 Å². The molecule has 0 saturated carbocycles. The molecular weight excluding hydrogens is 438 g/mol. The summed E-state index contributed by atoms with van der Waals surface area (Å²) in [6, 6.07) is 13.2. The molecule has 5 nitrogen and oxygen atoms in total. The lowest BCUT2D eigenvalue weighted by atomic mass is 10.1. The highest BCUT2D eigenvalue weighted by atomic mass is 35.5. The summed E-state index contributed by atoms with van der Waals surface area (Å²) in [4.78, 5) is 18.0. The number of halogens is 3. The number of ether oxygens (including phenoxy) is 2. The Bertz CT molecular complexity index is 1420. The van der Waals surface area contributed by atoms with Crippen LogP contribution >= 0.6 is 11.6 Å².